The molecule has 6 nitrogen and oxygen atoms in total. The van der Waals surface area contributed by atoms with Crippen molar-refractivity contribution in [3.05, 3.63) is 64.7 Å². The summed E-state index contributed by atoms with van der Waals surface area (Å²) in [5.74, 6) is -1.18. The molecule has 1 N–H and O–H groups in total. The number of ether oxygens (including phenoxy) is 1. The Labute approximate surface area is 163 Å². The molecule has 1 saturated heterocycles. The van der Waals surface area contributed by atoms with Gasteiger partial charge < -0.3 is 9.84 Å². The van der Waals surface area contributed by atoms with E-state index in [0.717, 1.165) is 11.1 Å². The van der Waals surface area contributed by atoms with Crippen molar-refractivity contribution in [2.24, 2.45) is 0 Å². The zero-order chi connectivity index (χ0) is 19.6. The molecule has 144 valence electrons. The molecule has 0 radical (unpaired) electrons. The molecule has 0 aliphatic carbocycles. The number of nitrogens with zero attached hydrogens (tertiary/aromatic N) is 1. The van der Waals surface area contributed by atoms with Crippen LogP contribution >= 0.6 is 11.6 Å². The Morgan fingerprint density at radius 3 is 2.41 bits per heavy atom. The van der Waals surface area contributed by atoms with E-state index in [1.807, 2.05) is 19.1 Å². The van der Waals surface area contributed by atoms with Crippen molar-refractivity contribution in [3.8, 4) is 0 Å². The number of aryl methyl sites for hydroxylation is 1. The highest BCUT2D eigenvalue weighted by atomic mass is 35.5. The van der Waals surface area contributed by atoms with Crippen molar-refractivity contribution in [2.75, 3.05) is 13.2 Å². The summed E-state index contributed by atoms with van der Waals surface area (Å²) in [5.41, 5.74) is 1.84. The highest BCUT2D eigenvalue weighted by Gasteiger charge is 2.40. The summed E-state index contributed by atoms with van der Waals surface area (Å²) in [4.78, 5) is 11.5. The van der Waals surface area contributed by atoms with Crippen molar-refractivity contribution >= 4 is 27.6 Å². The summed E-state index contributed by atoms with van der Waals surface area (Å²) in [6.07, 6.45) is -0.791. The van der Waals surface area contributed by atoms with Gasteiger partial charge in [0.25, 0.3) is 0 Å². The molecule has 2 aromatic rings. The van der Waals surface area contributed by atoms with E-state index in [9.17, 15) is 18.3 Å². The minimum Gasteiger partial charge on any atom is -0.479 e. The molecule has 1 aliphatic rings. The lowest BCUT2D eigenvalue weighted by Gasteiger charge is -2.37. The lowest BCUT2D eigenvalue weighted by molar-refractivity contribution is -0.156. The second kappa shape index (κ2) is 7.98. The van der Waals surface area contributed by atoms with E-state index < -0.39 is 28.1 Å². The van der Waals surface area contributed by atoms with Gasteiger partial charge in [-0.25, -0.2) is 13.2 Å². The van der Waals surface area contributed by atoms with Crippen LogP contribution in [-0.4, -0.2) is 49.1 Å². The summed E-state index contributed by atoms with van der Waals surface area (Å²) in [6, 6.07) is 13.1. The first-order valence-corrected chi connectivity index (χ1v) is 10.3. The van der Waals surface area contributed by atoms with Crippen LogP contribution in [0.2, 0.25) is 5.02 Å². The number of halogens is 1. The lowest BCUT2D eigenvalue weighted by Crippen LogP contribution is -2.55. The molecule has 0 aromatic heterocycles. The van der Waals surface area contributed by atoms with E-state index in [0.29, 0.717) is 11.4 Å². The number of benzene rings is 2. The van der Waals surface area contributed by atoms with E-state index in [1.165, 1.54) is 16.4 Å². The third-order valence-corrected chi connectivity index (χ3v) is 6.71. The summed E-state index contributed by atoms with van der Waals surface area (Å²) >= 11 is 5.91. The Bertz CT molecular complexity index is 912. The lowest BCUT2D eigenvalue weighted by atomic mass is 10.1. The molecule has 0 saturated carbocycles. The van der Waals surface area contributed by atoms with Gasteiger partial charge in [-0.05, 0) is 43.2 Å². The van der Waals surface area contributed by atoms with Crippen LogP contribution in [0.25, 0.3) is 0 Å². The Morgan fingerprint density at radius 2 is 1.81 bits per heavy atom. The van der Waals surface area contributed by atoms with Crippen LogP contribution in [0.1, 0.15) is 11.1 Å². The molecule has 8 heteroatoms. The fourth-order valence-corrected chi connectivity index (χ4v) is 4.75. The molecule has 3 rings (SSSR count). The van der Waals surface area contributed by atoms with Crippen LogP contribution in [0.5, 0.6) is 0 Å². The summed E-state index contributed by atoms with van der Waals surface area (Å²) < 4.78 is 33.0. The molecule has 2 aromatic carbocycles. The van der Waals surface area contributed by atoms with Gasteiger partial charge in [-0.2, -0.15) is 4.31 Å². The van der Waals surface area contributed by atoms with Gasteiger partial charge >= 0.3 is 5.97 Å². The van der Waals surface area contributed by atoms with Gasteiger partial charge in [0.2, 0.25) is 10.0 Å². The number of aliphatic carboxylic acids is 1. The van der Waals surface area contributed by atoms with Crippen LogP contribution in [-0.2, 0) is 26.0 Å². The van der Waals surface area contributed by atoms with E-state index in [2.05, 4.69) is 0 Å². The van der Waals surface area contributed by atoms with Gasteiger partial charge in [0, 0.05) is 5.02 Å². The first kappa shape index (κ1) is 19.8. The number of carboxylic acid groups (broad SMARTS) is 1. The number of hydrogen-bond donors (Lipinski definition) is 1. The Morgan fingerprint density at radius 1 is 1.19 bits per heavy atom. The topological polar surface area (TPSA) is 83.9 Å². The van der Waals surface area contributed by atoms with Gasteiger partial charge in [-0.3, -0.25) is 0 Å². The number of hydrogen-bond acceptors (Lipinski definition) is 4. The van der Waals surface area contributed by atoms with Crippen molar-refractivity contribution in [3.63, 3.8) is 0 Å². The molecular weight excluding hydrogens is 390 g/mol. The molecule has 1 fully saturated rings. The highest BCUT2D eigenvalue weighted by Crippen LogP contribution is 2.25. The van der Waals surface area contributed by atoms with E-state index >= 15 is 0 Å². The second-order valence-corrected chi connectivity index (χ2v) is 8.86. The van der Waals surface area contributed by atoms with Crippen LogP contribution in [0, 0.1) is 6.92 Å². The zero-order valence-corrected chi connectivity index (χ0v) is 16.3. The van der Waals surface area contributed by atoms with Crippen molar-refractivity contribution in [2.45, 2.75) is 30.4 Å². The van der Waals surface area contributed by atoms with Gasteiger partial charge in [0.15, 0.2) is 6.10 Å². The average Bonchev–Trinajstić information content (AvgIpc) is 2.64. The van der Waals surface area contributed by atoms with Crippen molar-refractivity contribution < 1.29 is 23.1 Å². The van der Waals surface area contributed by atoms with Gasteiger partial charge in [-0.1, -0.05) is 41.4 Å². The maximum atomic E-state index is 13.2. The van der Waals surface area contributed by atoms with E-state index in [4.69, 9.17) is 16.3 Å². The minimum absolute atomic E-state index is 0.00465. The SMILES string of the molecule is Cc1ccc(S(=O)(=O)N2C[C@@H](C(=O)O)OC[C@@H]2Cc2ccc(Cl)cc2)cc1. The molecule has 0 amide bonds. The summed E-state index contributed by atoms with van der Waals surface area (Å²) in [5, 5.41) is 9.87. The third kappa shape index (κ3) is 4.50. The standard InChI is InChI=1S/C19H20ClNO5S/c1-13-2-8-17(9-3-13)27(24,25)21-11-18(19(22)23)26-12-16(21)10-14-4-6-15(20)7-5-14/h2-9,16,18H,10-12H2,1H3,(H,22,23)/t16-,18-/m0/s1. The maximum absolute atomic E-state index is 13.2. The highest BCUT2D eigenvalue weighted by molar-refractivity contribution is 7.89. The number of carboxylic acids is 1. The second-order valence-electron chi connectivity index (χ2n) is 6.53. The molecule has 0 spiro atoms. The molecule has 1 aliphatic heterocycles. The predicted molar refractivity (Wildman–Crippen MR) is 101 cm³/mol. The molecular formula is C19H20ClNO5S. The van der Waals surface area contributed by atoms with Crippen LogP contribution in [0.3, 0.4) is 0 Å². The number of rotatable bonds is 5. The number of morpholine rings is 1. The summed E-state index contributed by atoms with van der Waals surface area (Å²) in [7, 11) is -3.86. The monoisotopic (exact) mass is 409 g/mol. The number of carbonyl (C=O) groups is 1. The predicted octanol–water partition coefficient (Wildman–Crippen LogP) is 2.73. The Hall–Kier alpha value is -1.93. The Kier molecular flexibility index (Phi) is 5.86. The first-order valence-electron chi connectivity index (χ1n) is 8.45. The van der Waals surface area contributed by atoms with Gasteiger partial charge in [-0.15, -0.1) is 0 Å². The maximum Gasteiger partial charge on any atom is 0.334 e. The van der Waals surface area contributed by atoms with Crippen LogP contribution < -0.4 is 0 Å². The quantitative estimate of drug-likeness (QED) is 0.820. The van der Waals surface area contributed by atoms with Gasteiger partial charge in [0.05, 0.1) is 24.1 Å². The summed E-state index contributed by atoms with van der Waals surface area (Å²) in [6.45, 7) is 1.64. The largest absolute Gasteiger partial charge is 0.479 e. The van der Waals surface area contributed by atoms with Crippen LogP contribution in [0.4, 0.5) is 0 Å². The average molecular weight is 410 g/mol. The molecule has 1 heterocycles. The smallest absolute Gasteiger partial charge is 0.334 e. The number of sulfonamides is 1. The van der Waals surface area contributed by atoms with Crippen molar-refractivity contribution in [1.29, 1.82) is 0 Å². The first-order chi connectivity index (χ1) is 12.8. The fourth-order valence-electron chi connectivity index (χ4n) is 3.02. The third-order valence-electron chi connectivity index (χ3n) is 4.53. The fraction of sp³-hybridized carbons (Fsp3) is 0.316. The van der Waals surface area contributed by atoms with E-state index in [1.54, 1.807) is 24.3 Å². The zero-order valence-electron chi connectivity index (χ0n) is 14.7. The molecule has 27 heavy (non-hydrogen) atoms. The van der Waals surface area contributed by atoms with Crippen molar-refractivity contribution in [1.82, 2.24) is 4.31 Å². The normalized spacial score (nSPS) is 21.1. The van der Waals surface area contributed by atoms with Crippen LogP contribution in [0.15, 0.2) is 53.4 Å². The van der Waals surface area contributed by atoms with Gasteiger partial charge in [0.1, 0.15) is 0 Å². The Balaban J connectivity index is 1.92. The molecule has 0 bridgehead atoms. The van der Waals surface area contributed by atoms with E-state index in [-0.39, 0.29) is 18.0 Å². The molecule has 2 atom stereocenters. The molecule has 0 unspecified atom stereocenters. The minimum atomic E-state index is -3.86.